The summed E-state index contributed by atoms with van der Waals surface area (Å²) in [5, 5.41) is 0. The van der Waals surface area contributed by atoms with Gasteiger partial charge in [-0.15, -0.1) is 0 Å². The SMILES string of the molecule is CC/C=C\C/C=C\C/C=C\C/C=C\C/C=C\C/C=C\CCCCCCCCCCC(=O)OCC(COC(=O)CCCCCCC/C=C\CCCCC)OC(=O)CCCCCCC/C=C\CCCCCCCC. The molecule has 0 radical (unpaired) electrons. The summed E-state index contributed by atoms with van der Waals surface area (Å²) in [4.78, 5) is 38.2. The number of allylic oxidation sites excluding steroid dienone is 16. The Kier molecular flexibility index (Phi) is 56.8. The van der Waals surface area contributed by atoms with Crippen molar-refractivity contribution in [3.8, 4) is 0 Å². The first-order chi connectivity index (χ1) is 35.5. The van der Waals surface area contributed by atoms with E-state index in [1.165, 1.54) is 122 Å². The summed E-state index contributed by atoms with van der Waals surface area (Å²) in [6, 6.07) is 0. The number of carbonyl (C=O) groups excluding carboxylic acids is 3. The Balaban J connectivity index is 4.31. The smallest absolute Gasteiger partial charge is 0.306 e. The van der Waals surface area contributed by atoms with Crippen molar-refractivity contribution in [1.82, 2.24) is 0 Å². The molecular formula is C66H112O6. The van der Waals surface area contributed by atoms with Gasteiger partial charge >= 0.3 is 17.9 Å². The van der Waals surface area contributed by atoms with Crippen LogP contribution in [0.2, 0.25) is 0 Å². The highest BCUT2D eigenvalue weighted by molar-refractivity contribution is 5.71. The first-order valence-corrected chi connectivity index (χ1v) is 30.2. The molecule has 6 nitrogen and oxygen atoms in total. The van der Waals surface area contributed by atoms with Gasteiger partial charge in [-0.1, -0.05) is 240 Å². The van der Waals surface area contributed by atoms with Crippen molar-refractivity contribution in [2.45, 2.75) is 290 Å². The van der Waals surface area contributed by atoms with Crippen LogP contribution in [-0.4, -0.2) is 37.2 Å². The highest BCUT2D eigenvalue weighted by Crippen LogP contribution is 2.15. The van der Waals surface area contributed by atoms with Crippen LogP contribution < -0.4 is 0 Å². The van der Waals surface area contributed by atoms with E-state index >= 15 is 0 Å². The first kappa shape index (κ1) is 68.3. The molecule has 1 atom stereocenters. The summed E-state index contributed by atoms with van der Waals surface area (Å²) in [5.74, 6) is -0.908. The van der Waals surface area contributed by atoms with Gasteiger partial charge in [-0.05, 0) is 122 Å². The summed E-state index contributed by atoms with van der Waals surface area (Å²) < 4.78 is 16.9. The van der Waals surface area contributed by atoms with Crippen molar-refractivity contribution in [2.75, 3.05) is 13.2 Å². The van der Waals surface area contributed by atoms with Crippen molar-refractivity contribution in [3.05, 3.63) is 97.2 Å². The lowest BCUT2D eigenvalue weighted by Gasteiger charge is -2.18. The zero-order chi connectivity index (χ0) is 52.2. The van der Waals surface area contributed by atoms with E-state index < -0.39 is 6.10 Å². The lowest BCUT2D eigenvalue weighted by atomic mass is 10.1. The van der Waals surface area contributed by atoms with E-state index in [9.17, 15) is 14.4 Å². The van der Waals surface area contributed by atoms with E-state index in [0.717, 1.165) is 122 Å². The highest BCUT2D eigenvalue weighted by Gasteiger charge is 2.19. The molecule has 0 saturated carbocycles. The molecule has 0 N–H and O–H groups in total. The van der Waals surface area contributed by atoms with Crippen molar-refractivity contribution in [2.24, 2.45) is 0 Å². The van der Waals surface area contributed by atoms with Crippen molar-refractivity contribution < 1.29 is 28.6 Å². The van der Waals surface area contributed by atoms with Gasteiger partial charge in [0.25, 0.3) is 0 Å². The Hall–Kier alpha value is -3.67. The van der Waals surface area contributed by atoms with E-state index in [4.69, 9.17) is 14.2 Å². The van der Waals surface area contributed by atoms with Crippen LogP contribution in [0, 0.1) is 0 Å². The minimum atomic E-state index is -0.789. The van der Waals surface area contributed by atoms with Gasteiger partial charge < -0.3 is 14.2 Å². The second kappa shape index (κ2) is 59.9. The maximum atomic E-state index is 12.9. The van der Waals surface area contributed by atoms with Crippen molar-refractivity contribution in [1.29, 1.82) is 0 Å². The molecule has 72 heavy (non-hydrogen) atoms. The Morgan fingerprint density at radius 3 is 0.889 bits per heavy atom. The van der Waals surface area contributed by atoms with E-state index in [0.29, 0.717) is 19.3 Å². The number of hydrogen-bond donors (Lipinski definition) is 0. The third kappa shape index (κ3) is 57.2. The molecular weight excluding hydrogens is 889 g/mol. The van der Waals surface area contributed by atoms with Gasteiger partial charge in [-0.3, -0.25) is 14.4 Å². The zero-order valence-corrected chi connectivity index (χ0v) is 47.2. The standard InChI is InChI=1S/C66H112O6/c1-4-7-10-13-16-19-22-25-27-28-29-30-31-32-33-34-35-36-37-38-40-41-44-47-50-53-56-59-65(68)71-62-63(61-70-64(67)58-55-52-49-46-43-24-21-18-15-12-9-6-3)72-66(69)60-57-54-51-48-45-42-39-26-23-20-17-14-11-8-5-2/h7,10,16,18-19,21,25-27,29-30,32-33,35-36,39,63H,4-6,8-9,11-15,17,20,22-24,28,31,34,37-38,40-62H2,1-3H3/b10-7-,19-16-,21-18-,27-25-,30-29-,33-32-,36-35-,39-26-. The van der Waals surface area contributed by atoms with Crippen molar-refractivity contribution in [3.63, 3.8) is 0 Å². The van der Waals surface area contributed by atoms with Gasteiger partial charge in [-0.25, -0.2) is 0 Å². The predicted molar refractivity (Wildman–Crippen MR) is 311 cm³/mol. The molecule has 0 spiro atoms. The van der Waals surface area contributed by atoms with Gasteiger partial charge in [-0.2, -0.15) is 0 Å². The molecule has 0 rings (SSSR count). The normalized spacial score (nSPS) is 12.8. The highest BCUT2D eigenvalue weighted by atomic mass is 16.6. The molecule has 0 aromatic heterocycles. The monoisotopic (exact) mass is 1000 g/mol. The number of rotatable bonds is 54. The number of ether oxygens (including phenoxy) is 3. The van der Waals surface area contributed by atoms with Crippen LogP contribution in [0.5, 0.6) is 0 Å². The Labute approximate surface area is 445 Å². The van der Waals surface area contributed by atoms with Gasteiger partial charge in [0.15, 0.2) is 6.10 Å². The summed E-state index contributed by atoms with van der Waals surface area (Å²) in [7, 11) is 0. The molecule has 0 aliphatic carbocycles. The summed E-state index contributed by atoms with van der Waals surface area (Å²) in [6.45, 7) is 6.49. The molecule has 0 aromatic rings. The molecule has 0 fully saturated rings. The maximum absolute atomic E-state index is 12.9. The minimum absolute atomic E-state index is 0.0871. The van der Waals surface area contributed by atoms with Gasteiger partial charge in [0, 0.05) is 19.3 Å². The Morgan fingerprint density at radius 1 is 0.292 bits per heavy atom. The molecule has 0 heterocycles. The lowest BCUT2D eigenvalue weighted by molar-refractivity contribution is -0.167. The third-order valence-electron chi connectivity index (χ3n) is 12.8. The average Bonchev–Trinajstić information content (AvgIpc) is 3.38. The predicted octanol–water partition coefficient (Wildman–Crippen LogP) is 20.5. The molecule has 0 aromatic carbocycles. The molecule has 1 unspecified atom stereocenters. The van der Waals surface area contributed by atoms with Gasteiger partial charge in [0.05, 0.1) is 0 Å². The van der Waals surface area contributed by atoms with Gasteiger partial charge in [0.2, 0.25) is 0 Å². The first-order valence-electron chi connectivity index (χ1n) is 30.2. The molecule has 0 saturated heterocycles. The largest absolute Gasteiger partial charge is 0.462 e. The molecule has 0 bridgehead atoms. The van der Waals surface area contributed by atoms with Crippen molar-refractivity contribution >= 4 is 17.9 Å². The zero-order valence-electron chi connectivity index (χ0n) is 47.2. The van der Waals surface area contributed by atoms with Crippen LogP contribution in [0.15, 0.2) is 97.2 Å². The van der Waals surface area contributed by atoms with Gasteiger partial charge in [0.1, 0.15) is 13.2 Å². The van der Waals surface area contributed by atoms with Crippen LogP contribution >= 0.6 is 0 Å². The van der Waals surface area contributed by atoms with Crippen LogP contribution in [-0.2, 0) is 28.6 Å². The number of esters is 3. The van der Waals surface area contributed by atoms with E-state index in [1.54, 1.807) is 0 Å². The number of carbonyl (C=O) groups is 3. The van der Waals surface area contributed by atoms with Crippen LogP contribution in [0.25, 0.3) is 0 Å². The number of hydrogen-bond acceptors (Lipinski definition) is 6. The second-order valence-electron chi connectivity index (χ2n) is 19.9. The van der Waals surface area contributed by atoms with Crippen LogP contribution in [0.3, 0.4) is 0 Å². The topological polar surface area (TPSA) is 78.9 Å². The quantitative estimate of drug-likeness (QED) is 0.0261. The molecule has 412 valence electrons. The molecule has 0 aliphatic heterocycles. The summed E-state index contributed by atoms with van der Waals surface area (Å²) >= 11 is 0. The molecule has 0 amide bonds. The summed E-state index contributed by atoms with van der Waals surface area (Å²) in [5.41, 5.74) is 0. The van der Waals surface area contributed by atoms with Crippen LogP contribution in [0.1, 0.15) is 284 Å². The Morgan fingerprint density at radius 2 is 0.542 bits per heavy atom. The van der Waals surface area contributed by atoms with E-state index in [1.807, 2.05) is 0 Å². The summed E-state index contributed by atoms with van der Waals surface area (Å²) in [6.07, 6.45) is 79.7. The third-order valence-corrected chi connectivity index (χ3v) is 12.8. The average molecular weight is 1000 g/mol. The minimum Gasteiger partial charge on any atom is -0.462 e. The maximum Gasteiger partial charge on any atom is 0.306 e. The molecule has 0 aliphatic rings. The van der Waals surface area contributed by atoms with E-state index in [2.05, 4.69) is 118 Å². The Bertz CT molecular complexity index is 1430. The fraction of sp³-hybridized carbons (Fsp3) is 0.712. The lowest BCUT2D eigenvalue weighted by Crippen LogP contribution is -2.30. The second-order valence-corrected chi connectivity index (χ2v) is 19.9. The number of unbranched alkanes of at least 4 members (excludes halogenated alkanes) is 27. The fourth-order valence-electron chi connectivity index (χ4n) is 8.26. The van der Waals surface area contributed by atoms with Crippen LogP contribution in [0.4, 0.5) is 0 Å². The fourth-order valence-corrected chi connectivity index (χ4v) is 8.26. The molecule has 6 heteroatoms. The van der Waals surface area contributed by atoms with E-state index in [-0.39, 0.29) is 31.1 Å².